The molecular formula is C6H12O. The van der Waals surface area contributed by atoms with Gasteiger partial charge in [-0.05, 0) is 6.42 Å². The highest BCUT2D eigenvalue weighted by Crippen LogP contribution is 1.94. The Hall–Kier alpha value is -0.330. The SMILES string of the molecule is [2H]C([2H])([2H])CCCCC=O. The molecule has 0 aliphatic carbocycles. The second-order valence-electron chi connectivity index (χ2n) is 1.41. The van der Waals surface area contributed by atoms with Gasteiger partial charge in [-0.1, -0.05) is 19.7 Å². The lowest BCUT2D eigenvalue weighted by Gasteiger charge is -1.85. The van der Waals surface area contributed by atoms with Crippen molar-refractivity contribution in [2.24, 2.45) is 0 Å². The quantitative estimate of drug-likeness (QED) is 0.391. The normalized spacial score (nSPS) is 16.9. The van der Waals surface area contributed by atoms with Gasteiger partial charge in [0.15, 0.2) is 0 Å². The number of hydrogen-bond donors (Lipinski definition) is 0. The Morgan fingerprint density at radius 1 is 1.71 bits per heavy atom. The van der Waals surface area contributed by atoms with Crippen LogP contribution in [-0.2, 0) is 4.79 Å². The van der Waals surface area contributed by atoms with Crippen LogP contribution in [0.3, 0.4) is 0 Å². The highest BCUT2D eigenvalue weighted by Gasteiger charge is 1.80. The summed E-state index contributed by atoms with van der Waals surface area (Å²) in [6.07, 6.45) is 2.84. The number of aldehydes is 1. The molecule has 0 unspecified atom stereocenters. The van der Waals surface area contributed by atoms with Crippen LogP contribution in [0.15, 0.2) is 0 Å². The molecule has 0 aromatic rings. The van der Waals surface area contributed by atoms with Crippen molar-refractivity contribution in [3.05, 3.63) is 0 Å². The topological polar surface area (TPSA) is 17.1 Å². The molecule has 0 heterocycles. The summed E-state index contributed by atoms with van der Waals surface area (Å²) in [6.45, 7) is -1.82. The van der Waals surface area contributed by atoms with Gasteiger partial charge in [-0.15, -0.1) is 0 Å². The Balaban J connectivity index is 3.12. The van der Waals surface area contributed by atoms with Crippen molar-refractivity contribution in [2.45, 2.75) is 32.5 Å². The van der Waals surface area contributed by atoms with Gasteiger partial charge in [0.2, 0.25) is 0 Å². The standard InChI is InChI=1S/C6H12O/c1-2-3-4-5-6-7/h6H,2-5H2,1H3/i1D3. The summed E-state index contributed by atoms with van der Waals surface area (Å²) in [5.41, 5.74) is 0. The minimum absolute atomic E-state index is 0.223. The van der Waals surface area contributed by atoms with E-state index in [9.17, 15) is 4.79 Å². The molecule has 0 aliphatic heterocycles. The average molecular weight is 103 g/mol. The van der Waals surface area contributed by atoms with Crippen LogP contribution in [0.4, 0.5) is 0 Å². The first-order valence-electron chi connectivity index (χ1n) is 4.00. The zero-order valence-electron chi connectivity index (χ0n) is 7.31. The molecular weight excluding hydrogens is 88.1 g/mol. The molecule has 0 aromatic heterocycles. The van der Waals surface area contributed by atoms with E-state index in [1.807, 2.05) is 0 Å². The van der Waals surface area contributed by atoms with Crippen molar-refractivity contribution in [3.8, 4) is 0 Å². The number of rotatable bonds is 4. The van der Waals surface area contributed by atoms with Gasteiger partial charge >= 0.3 is 0 Å². The average Bonchev–Trinajstić information content (AvgIpc) is 1.78. The third kappa shape index (κ3) is 5.67. The Morgan fingerprint density at radius 3 is 3.14 bits per heavy atom. The third-order valence-corrected chi connectivity index (χ3v) is 0.749. The minimum atomic E-state index is -1.82. The maximum Gasteiger partial charge on any atom is 0.119 e. The van der Waals surface area contributed by atoms with Crippen molar-refractivity contribution in [1.82, 2.24) is 0 Å². The Bertz CT molecular complexity index is 97.7. The molecule has 0 saturated heterocycles. The zero-order valence-corrected chi connectivity index (χ0v) is 4.31. The van der Waals surface area contributed by atoms with Crippen molar-refractivity contribution >= 4 is 6.29 Å². The van der Waals surface area contributed by atoms with Gasteiger partial charge < -0.3 is 4.79 Å². The van der Waals surface area contributed by atoms with Gasteiger partial charge in [-0.25, -0.2) is 0 Å². The zero-order chi connectivity index (χ0) is 8.04. The summed E-state index contributed by atoms with van der Waals surface area (Å²) in [6, 6.07) is 0. The molecule has 0 bridgehead atoms. The van der Waals surface area contributed by atoms with Crippen LogP contribution in [0.2, 0.25) is 0 Å². The van der Waals surface area contributed by atoms with Crippen molar-refractivity contribution in [3.63, 3.8) is 0 Å². The molecule has 0 saturated carbocycles. The molecule has 0 spiro atoms. The van der Waals surface area contributed by atoms with Crippen LogP contribution in [0.1, 0.15) is 36.6 Å². The van der Waals surface area contributed by atoms with Crippen molar-refractivity contribution in [2.75, 3.05) is 0 Å². The fourth-order valence-electron chi connectivity index (χ4n) is 0.353. The van der Waals surface area contributed by atoms with Gasteiger partial charge in [-0.3, -0.25) is 0 Å². The summed E-state index contributed by atoms with van der Waals surface area (Å²) in [4.78, 5) is 9.79. The van der Waals surface area contributed by atoms with Crippen molar-refractivity contribution < 1.29 is 8.91 Å². The van der Waals surface area contributed by atoms with Crippen LogP contribution < -0.4 is 0 Å². The van der Waals surface area contributed by atoms with Crippen LogP contribution in [0.5, 0.6) is 0 Å². The number of carbonyl (C=O) groups is 1. The molecule has 0 atom stereocenters. The van der Waals surface area contributed by atoms with Gasteiger partial charge in [0.1, 0.15) is 6.29 Å². The van der Waals surface area contributed by atoms with Gasteiger partial charge in [0.25, 0.3) is 0 Å². The number of carbonyl (C=O) groups excluding carboxylic acids is 1. The van der Waals surface area contributed by atoms with E-state index < -0.39 is 6.85 Å². The molecule has 0 N–H and O–H groups in total. The van der Waals surface area contributed by atoms with Gasteiger partial charge in [0, 0.05) is 10.5 Å². The van der Waals surface area contributed by atoms with E-state index in [1.54, 1.807) is 0 Å². The summed E-state index contributed by atoms with van der Waals surface area (Å²) < 4.78 is 20.4. The Kier molecular flexibility index (Phi) is 2.31. The third-order valence-electron chi connectivity index (χ3n) is 0.749. The van der Waals surface area contributed by atoms with E-state index in [4.69, 9.17) is 4.11 Å². The van der Waals surface area contributed by atoms with E-state index in [0.29, 0.717) is 19.3 Å². The van der Waals surface area contributed by atoms with Crippen LogP contribution in [-0.4, -0.2) is 6.29 Å². The van der Waals surface area contributed by atoms with Crippen molar-refractivity contribution in [1.29, 1.82) is 0 Å². The number of unbranched alkanes of at least 4 members (excludes halogenated alkanes) is 2. The first kappa shape index (κ1) is 2.85. The molecule has 1 heteroatoms. The maximum atomic E-state index is 9.79. The van der Waals surface area contributed by atoms with E-state index in [1.165, 1.54) is 0 Å². The highest BCUT2D eigenvalue weighted by atomic mass is 16.1. The summed E-state index contributed by atoms with van der Waals surface area (Å²) in [5.74, 6) is 0. The molecule has 0 fully saturated rings. The maximum absolute atomic E-state index is 9.79. The lowest BCUT2D eigenvalue weighted by molar-refractivity contribution is -0.107. The fraction of sp³-hybridized carbons (Fsp3) is 0.833. The van der Waals surface area contributed by atoms with Crippen LogP contribution >= 0.6 is 0 Å². The molecule has 0 aliphatic rings. The Labute approximate surface area is 48.9 Å². The fourth-order valence-corrected chi connectivity index (χ4v) is 0.353. The lowest BCUT2D eigenvalue weighted by atomic mass is 10.2. The monoisotopic (exact) mass is 103 g/mol. The van der Waals surface area contributed by atoms with Gasteiger partial charge in [0.05, 0.1) is 0 Å². The minimum Gasteiger partial charge on any atom is -0.303 e. The molecule has 0 rings (SSSR count). The highest BCUT2D eigenvalue weighted by molar-refractivity contribution is 5.48. The summed E-state index contributed by atoms with van der Waals surface area (Å²) >= 11 is 0. The van der Waals surface area contributed by atoms with Gasteiger partial charge in [-0.2, -0.15) is 0 Å². The van der Waals surface area contributed by atoms with E-state index in [0.717, 1.165) is 6.29 Å². The first-order chi connectivity index (χ1) is 4.56. The molecule has 0 radical (unpaired) electrons. The molecule has 0 aromatic carbocycles. The molecule has 0 amide bonds. The summed E-state index contributed by atoms with van der Waals surface area (Å²) in [5, 5.41) is 0. The first-order valence-corrected chi connectivity index (χ1v) is 2.50. The van der Waals surface area contributed by atoms with Crippen LogP contribution in [0.25, 0.3) is 0 Å². The second-order valence-corrected chi connectivity index (χ2v) is 1.41. The van der Waals surface area contributed by atoms with Crippen LogP contribution in [0, 0.1) is 0 Å². The Morgan fingerprint density at radius 2 is 2.57 bits per heavy atom. The van der Waals surface area contributed by atoms with E-state index in [2.05, 4.69) is 0 Å². The van der Waals surface area contributed by atoms with E-state index in [-0.39, 0.29) is 6.42 Å². The molecule has 42 valence electrons. The lowest BCUT2D eigenvalue weighted by Crippen LogP contribution is -1.73. The largest absolute Gasteiger partial charge is 0.303 e. The molecule has 1 nitrogen and oxygen atoms in total. The summed E-state index contributed by atoms with van der Waals surface area (Å²) in [7, 11) is 0. The molecule has 7 heavy (non-hydrogen) atoms. The smallest absolute Gasteiger partial charge is 0.119 e. The predicted molar refractivity (Wildman–Crippen MR) is 30.2 cm³/mol. The second kappa shape index (κ2) is 5.67. The predicted octanol–water partition coefficient (Wildman–Crippen LogP) is 1.77. The van der Waals surface area contributed by atoms with E-state index >= 15 is 0 Å². The number of hydrogen-bond acceptors (Lipinski definition) is 1.